The first-order valence-electron chi connectivity index (χ1n) is 8.65. The monoisotopic (exact) mass is 384 g/mol. The molecule has 27 heavy (non-hydrogen) atoms. The molecule has 1 aromatic carbocycles. The lowest BCUT2D eigenvalue weighted by molar-refractivity contribution is -0.135. The topological polar surface area (TPSA) is 72.2 Å². The summed E-state index contributed by atoms with van der Waals surface area (Å²) >= 11 is 5.89. The molecule has 0 saturated carbocycles. The number of hydrogen-bond donors (Lipinski definition) is 1. The lowest BCUT2D eigenvalue weighted by Gasteiger charge is -2.23. The highest BCUT2D eigenvalue weighted by Gasteiger charge is 2.47. The van der Waals surface area contributed by atoms with Crippen LogP contribution in [0.2, 0.25) is 5.02 Å². The second-order valence-corrected chi connectivity index (χ2v) is 7.49. The minimum absolute atomic E-state index is 0.0305. The summed E-state index contributed by atoms with van der Waals surface area (Å²) in [6, 6.07) is 5.95. The van der Waals surface area contributed by atoms with E-state index < -0.39 is 11.4 Å². The zero-order valence-corrected chi connectivity index (χ0v) is 15.1. The molecule has 0 spiro atoms. The number of halogens is 2. The molecule has 1 aliphatic carbocycles. The number of aliphatic hydroxyl groups is 1. The van der Waals surface area contributed by atoms with Gasteiger partial charge in [-0.15, -0.1) is 0 Å². The number of Topliss-reactive ketones (excluding diaryl/α,β-unsaturated/α-hetero) is 1. The van der Waals surface area contributed by atoms with E-state index in [2.05, 4.69) is 4.98 Å². The molecule has 1 N–H and O–H groups in total. The van der Waals surface area contributed by atoms with E-state index in [0.717, 1.165) is 5.56 Å². The summed E-state index contributed by atoms with van der Waals surface area (Å²) in [6.45, 7) is 2.00. The molecule has 5 rings (SSSR count). The largest absolute Gasteiger partial charge is 0.377 e. The normalized spacial score (nSPS) is 20.1. The molecule has 3 aromatic rings. The molecule has 0 saturated heterocycles. The molecule has 7 heteroatoms. The van der Waals surface area contributed by atoms with Crippen molar-refractivity contribution in [1.29, 1.82) is 0 Å². The third-order valence-corrected chi connectivity index (χ3v) is 5.91. The fourth-order valence-corrected chi connectivity index (χ4v) is 4.40. The lowest BCUT2D eigenvalue weighted by atomic mass is 9.90. The molecule has 2 aliphatic rings. The van der Waals surface area contributed by atoms with Gasteiger partial charge in [0.25, 0.3) is 5.56 Å². The Bertz CT molecular complexity index is 1250. The third kappa shape index (κ3) is 2.05. The van der Waals surface area contributed by atoms with E-state index in [0.29, 0.717) is 33.4 Å². The average Bonchev–Trinajstić information content (AvgIpc) is 3.10. The maximum atomic E-state index is 13.8. The second-order valence-electron chi connectivity index (χ2n) is 7.09. The fraction of sp³-hybridized carbons (Fsp3) is 0.250. The van der Waals surface area contributed by atoms with E-state index in [4.69, 9.17) is 11.6 Å². The summed E-state index contributed by atoms with van der Waals surface area (Å²) < 4.78 is 15.3. The minimum atomic E-state index is -1.63. The second kappa shape index (κ2) is 5.24. The van der Waals surface area contributed by atoms with E-state index in [1.165, 1.54) is 22.8 Å². The number of carbonyl (C=O) groups excluding carboxylic acids is 1. The van der Waals surface area contributed by atoms with Crippen molar-refractivity contribution in [3.05, 3.63) is 62.1 Å². The minimum Gasteiger partial charge on any atom is -0.377 e. The number of carbonyl (C=O) groups is 1. The number of hydrogen-bond acceptors (Lipinski definition) is 4. The fourth-order valence-electron chi connectivity index (χ4n) is 4.24. The van der Waals surface area contributed by atoms with Gasteiger partial charge in [0.1, 0.15) is 11.4 Å². The number of fused-ring (bicyclic) bond motifs is 6. The zero-order valence-electron chi connectivity index (χ0n) is 14.3. The zero-order chi connectivity index (χ0) is 19.1. The molecule has 1 unspecified atom stereocenters. The van der Waals surface area contributed by atoms with Crippen LogP contribution < -0.4 is 5.56 Å². The summed E-state index contributed by atoms with van der Waals surface area (Å²) in [4.78, 5) is 29.7. The molecule has 2 aromatic heterocycles. The van der Waals surface area contributed by atoms with Crippen LogP contribution in [0.5, 0.6) is 0 Å². The Hall–Kier alpha value is -2.57. The van der Waals surface area contributed by atoms with Crippen molar-refractivity contribution >= 4 is 28.3 Å². The summed E-state index contributed by atoms with van der Waals surface area (Å²) in [6.07, 6.45) is 0.243. The van der Waals surface area contributed by atoms with E-state index in [1.807, 2.05) is 0 Å². The van der Waals surface area contributed by atoms with E-state index in [-0.39, 0.29) is 35.8 Å². The first-order valence-corrected chi connectivity index (χ1v) is 9.03. The molecule has 5 nitrogen and oxygen atoms in total. The standard InChI is InChI=1S/C20H14ClFN2O3/c1-2-20(27)15(25)5-10-6-16(26)24-8-11-3-9-4-13(22)12(21)7-14(9)23-18(11)19(24)17(10)20/h3-4,6-7,27H,2,5,8H2,1H3. The van der Waals surface area contributed by atoms with Crippen LogP contribution >= 0.6 is 11.6 Å². The molecular formula is C20H14ClFN2O3. The van der Waals surface area contributed by atoms with E-state index in [9.17, 15) is 19.1 Å². The predicted molar refractivity (Wildman–Crippen MR) is 98.4 cm³/mol. The molecule has 0 bridgehead atoms. The molecule has 0 fully saturated rings. The lowest BCUT2D eigenvalue weighted by Crippen LogP contribution is -2.32. The van der Waals surface area contributed by atoms with E-state index in [1.54, 1.807) is 13.0 Å². The maximum Gasteiger partial charge on any atom is 0.251 e. The van der Waals surface area contributed by atoms with Gasteiger partial charge in [-0.3, -0.25) is 9.59 Å². The first-order chi connectivity index (χ1) is 12.8. The van der Waals surface area contributed by atoms with Crippen molar-refractivity contribution in [3.63, 3.8) is 0 Å². The van der Waals surface area contributed by atoms with Crippen LogP contribution in [-0.4, -0.2) is 20.4 Å². The van der Waals surface area contributed by atoms with Crippen LogP contribution in [0.3, 0.4) is 0 Å². The van der Waals surface area contributed by atoms with E-state index >= 15 is 0 Å². The van der Waals surface area contributed by atoms with Crippen molar-refractivity contribution < 1.29 is 14.3 Å². The van der Waals surface area contributed by atoms with Gasteiger partial charge in [-0.25, -0.2) is 9.37 Å². The Morgan fingerprint density at radius 2 is 2.04 bits per heavy atom. The molecule has 1 atom stereocenters. The van der Waals surface area contributed by atoms with Gasteiger partial charge < -0.3 is 9.67 Å². The van der Waals surface area contributed by atoms with Crippen LogP contribution in [0.4, 0.5) is 4.39 Å². The van der Waals surface area contributed by atoms with Crippen molar-refractivity contribution in [2.24, 2.45) is 0 Å². The quantitative estimate of drug-likeness (QED) is 0.547. The average molecular weight is 385 g/mol. The van der Waals surface area contributed by atoms with Crippen LogP contribution in [0, 0.1) is 5.82 Å². The van der Waals surface area contributed by atoms with Gasteiger partial charge in [0, 0.05) is 29.0 Å². The van der Waals surface area contributed by atoms with Gasteiger partial charge in [-0.05, 0) is 30.2 Å². The van der Waals surface area contributed by atoms with Gasteiger partial charge in [0.15, 0.2) is 5.78 Å². The van der Waals surface area contributed by atoms with Crippen molar-refractivity contribution in [2.45, 2.75) is 31.9 Å². The van der Waals surface area contributed by atoms with Gasteiger partial charge in [-0.1, -0.05) is 18.5 Å². The molecule has 136 valence electrons. The summed E-state index contributed by atoms with van der Waals surface area (Å²) in [5.41, 5.74) is 1.38. The summed E-state index contributed by atoms with van der Waals surface area (Å²) in [5.74, 6) is -0.849. The smallest absolute Gasteiger partial charge is 0.251 e. The molecule has 1 aliphatic heterocycles. The van der Waals surface area contributed by atoms with Crippen LogP contribution in [0.25, 0.3) is 22.3 Å². The van der Waals surface area contributed by atoms with Crippen LogP contribution in [-0.2, 0) is 23.4 Å². The van der Waals surface area contributed by atoms with Crippen LogP contribution in [0.15, 0.2) is 29.1 Å². The van der Waals surface area contributed by atoms with Crippen molar-refractivity contribution in [1.82, 2.24) is 9.55 Å². The Balaban J connectivity index is 1.87. The number of benzene rings is 1. The van der Waals surface area contributed by atoms with Gasteiger partial charge >= 0.3 is 0 Å². The Kier molecular flexibility index (Phi) is 3.22. The van der Waals surface area contributed by atoms with Gasteiger partial charge in [-0.2, -0.15) is 0 Å². The summed E-state index contributed by atoms with van der Waals surface area (Å²) in [5, 5.41) is 11.6. The Morgan fingerprint density at radius 1 is 1.26 bits per heavy atom. The molecule has 0 amide bonds. The SMILES string of the molecule is CCC1(O)C(=O)Cc2cc(=O)n3c(c21)-c1nc2cc(Cl)c(F)cc2cc1C3. The first kappa shape index (κ1) is 16.6. The third-order valence-electron chi connectivity index (χ3n) is 5.62. The Morgan fingerprint density at radius 3 is 2.78 bits per heavy atom. The number of rotatable bonds is 1. The highest BCUT2D eigenvalue weighted by atomic mass is 35.5. The number of pyridine rings is 2. The molecular weight excluding hydrogens is 371 g/mol. The maximum absolute atomic E-state index is 13.8. The number of ketones is 1. The predicted octanol–water partition coefficient (Wildman–Crippen LogP) is 2.94. The molecule has 3 heterocycles. The summed E-state index contributed by atoms with van der Waals surface area (Å²) in [7, 11) is 0. The van der Waals surface area contributed by atoms with Crippen molar-refractivity contribution in [2.75, 3.05) is 0 Å². The highest BCUT2D eigenvalue weighted by molar-refractivity contribution is 6.31. The Labute approximate surface area is 158 Å². The van der Waals surface area contributed by atoms with Crippen molar-refractivity contribution in [3.8, 4) is 11.4 Å². The molecule has 0 radical (unpaired) electrons. The van der Waals surface area contributed by atoms with Gasteiger partial charge in [0.2, 0.25) is 0 Å². The van der Waals surface area contributed by atoms with Crippen LogP contribution in [0.1, 0.15) is 30.0 Å². The van der Waals surface area contributed by atoms with Gasteiger partial charge in [0.05, 0.1) is 28.5 Å². The highest BCUT2D eigenvalue weighted by Crippen LogP contribution is 2.45. The number of nitrogens with zero attached hydrogens (tertiary/aromatic N) is 2. The number of aromatic nitrogens is 2.